The minimum atomic E-state index is -0.116. The van der Waals surface area contributed by atoms with Crippen molar-refractivity contribution >= 4 is 89.6 Å². The Kier molecular flexibility index (Phi) is 6.38. The van der Waals surface area contributed by atoms with Crippen LogP contribution in [0.5, 0.6) is 0 Å². The third-order valence-corrected chi connectivity index (χ3v) is 12.8. The average molecular weight is 736 g/mol. The Morgan fingerprint density at radius 2 is 1.14 bits per heavy atom. The second kappa shape index (κ2) is 11.1. The summed E-state index contributed by atoms with van der Waals surface area (Å²) >= 11 is 0. The molecule has 7 aromatic carbocycles. The second-order valence-corrected chi connectivity index (χ2v) is 18.2. The van der Waals surface area contributed by atoms with E-state index in [0.717, 1.165) is 22.5 Å². The summed E-state index contributed by atoms with van der Waals surface area (Å²) in [6.45, 7) is 13.7. The number of furan rings is 1. The number of fused-ring (bicyclic) bond motifs is 13. The molecule has 5 heterocycles. The van der Waals surface area contributed by atoms with Crippen LogP contribution in [0.3, 0.4) is 0 Å². The Hall–Kier alpha value is -6.46. The van der Waals surface area contributed by atoms with Crippen LogP contribution >= 0.6 is 0 Å². The Labute approximate surface area is 332 Å². The summed E-state index contributed by atoms with van der Waals surface area (Å²) in [6, 6.07) is 54.1. The molecule has 0 amide bonds. The molecule has 2 aliphatic rings. The minimum Gasteiger partial charge on any atom is -0.440 e. The van der Waals surface area contributed by atoms with Gasteiger partial charge in [-0.05, 0) is 87.6 Å². The topological polar surface area (TPSA) is 26.2 Å². The van der Waals surface area contributed by atoms with Gasteiger partial charge in [-0.25, -0.2) is 0 Å². The van der Waals surface area contributed by atoms with Crippen molar-refractivity contribution in [1.29, 1.82) is 0 Å². The summed E-state index contributed by atoms with van der Waals surface area (Å²) in [4.78, 5) is 2.42. The van der Waals surface area contributed by atoms with Crippen molar-refractivity contribution in [3.05, 3.63) is 157 Å². The van der Waals surface area contributed by atoms with Crippen LogP contribution in [0.2, 0.25) is 0 Å². The number of rotatable bonds is 2. The first kappa shape index (κ1) is 32.8. The van der Waals surface area contributed by atoms with Crippen molar-refractivity contribution in [2.45, 2.75) is 52.4 Å². The lowest BCUT2D eigenvalue weighted by Crippen LogP contribution is -2.56. The highest BCUT2D eigenvalue weighted by atomic mass is 16.4. The predicted molar refractivity (Wildman–Crippen MR) is 241 cm³/mol. The Morgan fingerprint density at radius 3 is 1.88 bits per heavy atom. The van der Waals surface area contributed by atoms with E-state index in [1.807, 2.05) is 0 Å². The summed E-state index contributed by atoms with van der Waals surface area (Å²) in [6.07, 6.45) is 0. The highest BCUT2D eigenvalue weighted by Gasteiger charge is 2.47. The summed E-state index contributed by atoms with van der Waals surface area (Å²) in [5.74, 6) is 0.892. The van der Waals surface area contributed by atoms with Gasteiger partial charge in [0.05, 0.1) is 11.0 Å². The first-order chi connectivity index (χ1) is 27.6. The minimum absolute atomic E-state index is 0.0426. The van der Waals surface area contributed by atoms with Gasteiger partial charge in [-0.3, -0.25) is 4.90 Å². The SMILES string of the molecule is CC(C)(C)c1ccc(N2c3cc(C(C)(C)C)cc4c3B(c3c2oc2ccccc32)n2c3ccccc3c3c2c-4cc2c4ccccc4n(-c4ccccc4)c23)cc1. The van der Waals surface area contributed by atoms with E-state index in [1.54, 1.807) is 0 Å². The van der Waals surface area contributed by atoms with Crippen LogP contribution in [-0.4, -0.2) is 15.9 Å². The lowest BCUT2D eigenvalue weighted by molar-refractivity contribution is 0.589. The van der Waals surface area contributed by atoms with Crippen LogP contribution in [0.1, 0.15) is 52.7 Å². The maximum atomic E-state index is 7.10. The van der Waals surface area contributed by atoms with Crippen LogP contribution in [0.25, 0.3) is 71.4 Å². The van der Waals surface area contributed by atoms with E-state index in [0.29, 0.717) is 0 Å². The molecule has 10 aromatic rings. The van der Waals surface area contributed by atoms with E-state index in [4.69, 9.17) is 4.42 Å². The molecule has 2 aliphatic heterocycles. The monoisotopic (exact) mass is 735 g/mol. The number of para-hydroxylation sites is 4. The first-order valence-corrected chi connectivity index (χ1v) is 20.2. The lowest BCUT2D eigenvalue weighted by Gasteiger charge is -2.39. The van der Waals surface area contributed by atoms with Gasteiger partial charge in [0.2, 0.25) is 5.88 Å². The van der Waals surface area contributed by atoms with Crippen molar-refractivity contribution in [2.75, 3.05) is 4.90 Å². The van der Waals surface area contributed by atoms with Gasteiger partial charge in [0, 0.05) is 66.1 Å². The van der Waals surface area contributed by atoms with Gasteiger partial charge < -0.3 is 13.5 Å². The fourth-order valence-electron chi connectivity index (χ4n) is 10.1. The maximum Gasteiger partial charge on any atom is 0.337 e. The number of anilines is 3. The van der Waals surface area contributed by atoms with Crippen molar-refractivity contribution in [3.63, 3.8) is 0 Å². The molecule has 0 radical (unpaired) electrons. The molecule has 274 valence electrons. The number of hydrogen-bond donors (Lipinski definition) is 0. The molecular weight excluding hydrogens is 693 g/mol. The smallest absolute Gasteiger partial charge is 0.337 e. The highest BCUT2D eigenvalue weighted by Crippen LogP contribution is 2.51. The normalized spacial score (nSPS) is 13.7. The van der Waals surface area contributed by atoms with Crippen LogP contribution in [0, 0.1) is 0 Å². The fraction of sp³-hybridized carbons (Fsp3) is 0.154. The first-order valence-electron chi connectivity index (χ1n) is 20.2. The fourth-order valence-corrected chi connectivity index (χ4v) is 10.1. The molecule has 0 saturated heterocycles. The van der Waals surface area contributed by atoms with E-state index >= 15 is 0 Å². The molecule has 4 nitrogen and oxygen atoms in total. The number of nitrogens with zero attached hydrogens (tertiary/aromatic N) is 3. The predicted octanol–water partition coefficient (Wildman–Crippen LogP) is 12.7. The van der Waals surface area contributed by atoms with Crippen molar-refractivity contribution in [2.24, 2.45) is 0 Å². The summed E-state index contributed by atoms with van der Waals surface area (Å²) < 4.78 is 12.3. The van der Waals surface area contributed by atoms with Gasteiger partial charge >= 0.3 is 6.85 Å². The van der Waals surface area contributed by atoms with Gasteiger partial charge in [0.25, 0.3) is 0 Å². The molecule has 0 spiro atoms. The molecule has 0 saturated carbocycles. The molecular formula is C52H42BN3O. The highest BCUT2D eigenvalue weighted by molar-refractivity contribution is 6.91. The maximum absolute atomic E-state index is 7.10. The van der Waals surface area contributed by atoms with Crippen LogP contribution in [-0.2, 0) is 10.8 Å². The Bertz CT molecular complexity index is 3310. The zero-order valence-electron chi connectivity index (χ0n) is 33.2. The van der Waals surface area contributed by atoms with Crippen molar-refractivity contribution in [3.8, 4) is 16.8 Å². The molecule has 57 heavy (non-hydrogen) atoms. The van der Waals surface area contributed by atoms with Gasteiger partial charge in [-0.2, -0.15) is 0 Å². The summed E-state index contributed by atoms with van der Waals surface area (Å²) in [5.41, 5.74) is 17.0. The van der Waals surface area contributed by atoms with Crippen LogP contribution in [0.15, 0.2) is 150 Å². The Balaban J connectivity index is 1.30. The molecule has 0 N–H and O–H groups in total. The molecule has 5 heteroatoms. The van der Waals surface area contributed by atoms with Gasteiger partial charge in [0.15, 0.2) is 0 Å². The third-order valence-electron chi connectivity index (χ3n) is 12.8. The van der Waals surface area contributed by atoms with Crippen molar-refractivity contribution in [1.82, 2.24) is 9.05 Å². The molecule has 12 rings (SSSR count). The zero-order valence-corrected chi connectivity index (χ0v) is 33.2. The van der Waals surface area contributed by atoms with Crippen LogP contribution < -0.4 is 15.8 Å². The quantitative estimate of drug-likeness (QED) is 0.165. The van der Waals surface area contributed by atoms with Gasteiger partial charge in [0.1, 0.15) is 5.58 Å². The largest absolute Gasteiger partial charge is 0.440 e. The Morgan fingerprint density at radius 1 is 0.491 bits per heavy atom. The van der Waals surface area contributed by atoms with Crippen LogP contribution in [0.4, 0.5) is 17.3 Å². The third kappa shape index (κ3) is 4.35. The van der Waals surface area contributed by atoms with Crippen molar-refractivity contribution < 1.29 is 4.42 Å². The molecule has 0 atom stereocenters. The van der Waals surface area contributed by atoms with E-state index in [1.165, 1.54) is 88.2 Å². The number of benzene rings is 7. The lowest BCUT2D eigenvalue weighted by atomic mass is 9.45. The molecule has 0 fully saturated rings. The summed E-state index contributed by atoms with van der Waals surface area (Å²) in [5, 5.41) is 6.24. The van der Waals surface area contributed by atoms with E-state index < -0.39 is 0 Å². The standard InChI is InChI=1S/C52H42BN3O/c1-51(2,3)31-24-26-34(27-25-31)55-43-29-32(52(4,5)6)28-38-40-30-39-35-18-10-13-21-41(35)54(33-16-8-7-9-17-33)48(39)45-36-19-11-14-22-42(36)56(49(40)45)53(46(38)43)47-37-20-12-15-23-44(37)57-50(47)55/h7-30H,1-6H3. The number of aromatic nitrogens is 2. The number of hydrogen-bond acceptors (Lipinski definition) is 2. The average Bonchev–Trinajstić information content (AvgIpc) is 3.87. The van der Waals surface area contributed by atoms with Gasteiger partial charge in [-0.1, -0.05) is 133 Å². The molecule has 0 bridgehead atoms. The van der Waals surface area contributed by atoms with Gasteiger partial charge in [-0.15, -0.1) is 0 Å². The molecule has 0 unspecified atom stereocenters. The molecule has 0 aliphatic carbocycles. The summed E-state index contributed by atoms with van der Waals surface area (Å²) in [7, 11) is 0. The van der Waals surface area contributed by atoms with E-state index in [-0.39, 0.29) is 17.7 Å². The van der Waals surface area contributed by atoms with E-state index in [9.17, 15) is 0 Å². The molecule has 3 aromatic heterocycles. The zero-order chi connectivity index (χ0) is 38.5. The van der Waals surface area contributed by atoms with E-state index in [2.05, 4.69) is 201 Å². The second-order valence-electron chi connectivity index (χ2n) is 18.2.